The molecule has 0 spiro atoms. The highest BCUT2D eigenvalue weighted by atomic mass is 16.3. The van der Waals surface area contributed by atoms with Crippen LogP contribution in [0.3, 0.4) is 0 Å². The molecule has 0 radical (unpaired) electrons. The summed E-state index contributed by atoms with van der Waals surface area (Å²) < 4.78 is 0. The van der Waals surface area contributed by atoms with Crippen molar-refractivity contribution in [3.05, 3.63) is 35.9 Å². The Labute approximate surface area is 110 Å². The summed E-state index contributed by atoms with van der Waals surface area (Å²) >= 11 is 0. The summed E-state index contributed by atoms with van der Waals surface area (Å²) in [5.74, 6) is 0.749. The molecular formula is C15H24N2O. The maximum Gasteiger partial charge on any atom is 0.0626 e. The van der Waals surface area contributed by atoms with Gasteiger partial charge in [-0.3, -0.25) is 0 Å². The molecule has 1 aromatic rings. The van der Waals surface area contributed by atoms with Crippen LogP contribution in [0.2, 0.25) is 0 Å². The molecule has 100 valence electrons. The fraction of sp³-hybridized carbons (Fsp3) is 0.600. The average molecular weight is 248 g/mol. The fourth-order valence-electron chi connectivity index (χ4n) is 2.55. The number of benzene rings is 1. The third-order valence-electron chi connectivity index (χ3n) is 3.88. The van der Waals surface area contributed by atoms with Crippen LogP contribution in [0.5, 0.6) is 0 Å². The first kappa shape index (κ1) is 13.5. The van der Waals surface area contributed by atoms with Gasteiger partial charge in [-0.15, -0.1) is 0 Å². The first-order chi connectivity index (χ1) is 8.79. The van der Waals surface area contributed by atoms with E-state index in [1.165, 1.54) is 31.5 Å². The number of nitrogens with one attached hydrogen (secondary N) is 1. The highest BCUT2D eigenvalue weighted by Gasteiger charge is 2.18. The summed E-state index contributed by atoms with van der Waals surface area (Å²) in [7, 11) is 2.18. The zero-order chi connectivity index (χ0) is 12.8. The first-order valence-corrected chi connectivity index (χ1v) is 6.87. The standard InChI is InChI=1S/C15H24N2O/c1-17-9-7-13(8-10-17)11-16-15(12-18)14-5-3-2-4-6-14/h2-6,13,15-16,18H,7-12H2,1H3. The summed E-state index contributed by atoms with van der Waals surface area (Å²) in [5.41, 5.74) is 1.17. The molecule has 2 N–H and O–H groups in total. The molecule has 0 saturated carbocycles. The van der Waals surface area contributed by atoms with E-state index >= 15 is 0 Å². The monoisotopic (exact) mass is 248 g/mol. The van der Waals surface area contributed by atoms with Gasteiger partial charge >= 0.3 is 0 Å². The van der Waals surface area contributed by atoms with Crippen LogP contribution in [0.4, 0.5) is 0 Å². The van der Waals surface area contributed by atoms with E-state index in [9.17, 15) is 5.11 Å². The SMILES string of the molecule is CN1CCC(CNC(CO)c2ccccc2)CC1. The lowest BCUT2D eigenvalue weighted by Crippen LogP contribution is -2.36. The van der Waals surface area contributed by atoms with Gasteiger partial charge in [0.25, 0.3) is 0 Å². The largest absolute Gasteiger partial charge is 0.394 e. The molecule has 1 fully saturated rings. The van der Waals surface area contributed by atoms with Crippen LogP contribution >= 0.6 is 0 Å². The first-order valence-electron chi connectivity index (χ1n) is 6.87. The summed E-state index contributed by atoms with van der Waals surface area (Å²) in [6.45, 7) is 3.56. The second-order valence-corrected chi connectivity index (χ2v) is 5.30. The van der Waals surface area contributed by atoms with Crippen molar-refractivity contribution in [2.24, 2.45) is 5.92 Å². The topological polar surface area (TPSA) is 35.5 Å². The smallest absolute Gasteiger partial charge is 0.0626 e. The second-order valence-electron chi connectivity index (χ2n) is 5.30. The molecule has 1 heterocycles. The highest BCUT2D eigenvalue weighted by molar-refractivity contribution is 5.18. The van der Waals surface area contributed by atoms with E-state index in [1.807, 2.05) is 18.2 Å². The Balaban J connectivity index is 1.81. The van der Waals surface area contributed by atoms with E-state index in [0.29, 0.717) is 0 Å². The number of likely N-dealkylation sites (tertiary alicyclic amines) is 1. The molecule has 1 unspecified atom stereocenters. The second kappa shape index (κ2) is 6.88. The Morgan fingerprint density at radius 2 is 1.94 bits per heavy atom. The molecule has 2 rings (SSSR count). The van der Waals surface area contributed by atoms with Gasteiger partial charge in [0.15, 0.2) is 0 Å². The number of aliphatic hydroxyl groups excluding tert-OH is 1. The van der Waals surface area contributed by atoms with Crippen molar-refractivity contribution < 1.29 is 5.11 Å². The van der Waals surface area contributed by atoms with Gasteiger partial charge in [0, 0.05) is 0 Å². The zero-order valence-corrected chi connectivity index (χ0v) is 11.2. The predicted octanol–water partition coefficient (Wildman–Crippen LogP) is 1.65. The molecule has 1 aromatic carbocycles. The number of hydrogen-bond acceptors (Lipinski definition) is 3. The van der Waals surface area contributed by atoms with Crippen molar-refractivity contribution in [3.8, 4) is 0 Å². The van der Waals surface area contributed by atoms with E-state index in [-0.39, 0.29) is 12.6 Å². The van der Waals surface area contributed by atoms with Gasteiger partial charge in [-0.1, -0.05) is 30.3 Å². The fourth-order valence-corrected chi connectivity index (χ4v) is 2.55. The van der Waals surface area contributed by atoms with Gasteiger partial charge in [0.05, 0.1) is 12.6 Å². The highest BCUT2D eigenvalue weighted by Crippen LogP contribution is 2.17. The molecule has 0 amide bonds. The molecule has 0 bridgehead atoms. The maximum absolute atomic E-state index is 9.48. The minimum Gasteiger partial charge on any atom is -0.394 e. The summed E-state index contributed by atoms with van der Waals surface area (Å²) in [5, 5.41) is 13.0. The lowest BCUT2D eigenvalue weighted by atomic mass is 9.96. The van der Waals surface area contributed by atoms with Crippen LogP contribution in [0.25, 0.3) is 0 Å². The lowest BCUT2D eigenvalue weighted by molar-refractivity contribution is 0.197. The Morgan fingerprint density at radius 1 is 1.28 bits per heavy atom. The van der Waals surface area contributed by atoms with Gasteiger partial charge in [0.2, 0.25) is 0 Å². The number of nitrogens with zero attached hydrogens (tertiary/aromatic N) is 1. The average Bonchev–Trinajstić information content (AvgIpc) is 2.43. The molecule has 3 heteroatoms. The number of hydrogen-bond donors (Lipinski definition) is 2. The molecule has 1 aliphatic heterocycles. The number of piperidine rings is 1. The van der Waals surface area contributed by atoms with Crippen LogP contribution in [0.15, 0.2) is 30.3 Å². The number of rotatable bonds is 5. The molecule has 0 aliphatic carbocycles. The third kappa shape index (κ3) is 3.80. The van der Waals surface area contributed by atoms with E-state index in [2.05, 4.69) is 29.4 Å². The Kier molecular flexibility index (Phi) is 5.17. The normalized spacial score (nSPS) is 19.9. The molecule has 0 aromatic heterocycles. The van der Waals surface area contributed by atoms with Crippen LogP contribution in [-0.4, -0.2) is 43.3 Å². The van der Waals surface area contributed by atoms with E-state index in [4.69, 9.17) is 0 Å². The predicted molar refractivity (Wildman–Crippen MR) is 74.5 cm³/mol. The molecule has 1 aliphatic rings. The van der Waals surface area contributed by atoms with Gasteiger partial charge < -0.3 is 15.3 Å². The van der Waals surface area contributed by atoms with Crippen LogP contribution < -0.4 is 5.32 Å². The summed E-state index contributed by atoms with van der Waals surface area (Å²) in [6.07, 6.45) is 2.52. The van der Waals surface area contributed by atoms with E-state index in [0.717, 1.165) is 12.5 Å². The van der Waals surface area contributed by atoms with Crippen molar-refractivity contribution in [1.82, 2.24) is 10.2 Å². The van der Waals surface area contributed by atoms with E-state index in [1.54, 1.807) is 0 Å². The van der Waals surface area contributed by atoms with Gasteiger partial charge in [-0.25, -0.2) is 0 Å². The molecule has 3 nitrogen and oxygen atoms in total. The van der Waals surface area contributed by atoms with Crippen molar-refractivity contribution in [2.75, 3.05) is 33.3 Å². The van der Waals surface area contributed by atoms with Crippen molar-refractivity contribution in [3.63, 3.8) is 0 Å². The summed E-state index contributed by atoms with van der Waals surface area (Å²) in [4.78, 5) is 2.39. The minimum absolute atomic E-state index is 0.0749. The van der Waals surface area contributed by atoms with Gasteiger partial charge in [-0.2, -0.15) is 0 Å². The molecule has 18 heavy (non-hydrogen) atoms. The van der Waals surface area contributed by atoms with Crippen LogP contribution in [0, 0.1) is 5.92 Å². The van der Waals surface area contributed by atoms with Gasteiger partial charge in [-0.05, 0) is 51.0 Å². The molecular weight excluding hydrogens is 224 g/mol. The van der Waals surface area contributed by atoms with Gasteiger partial charge in [0.1, 0.15) is 0 Å². The minimum atomic E-state index is 0.0749. The number of aliphatic hydroxyl groups is 1. The lowest BCUT2D eigenvalue weighted by Gasteiger charge is -2.30. The van der Waals surface area contributed by atoms with Crippen LogP contribution in [-0.2, 0) is 0 Å². The Bertz CT molecular complexity index is 334. The van der Waals surface area contributed by atoms with Crippen LogP contribution in [0.1, 0.15) is 24.4 Å². The maximum atomic E-state index is 9.48. The van der Waals surface area contributed by atoms with Crippen molar-refractivity contribution in [1.29, 1.82) is 0 Å². The summed E-state index contributed by atoms with van der Waals surface area (Å²) in [6, 6.07) is 10.3. The molecule has 1 saturated heterocycles. The van der Waals surface area contributed by atoms with Crippen molar-refractivity contribution in [2.45, 2.75) is 18.9 Å². The quantitative estimate of drug-likeness (QED) is 0.832. The Morgan fingerprint density at radius 3 is 2.56 bits per heavy atom. The third-order valence-corrected chi connectivity index (χ3v) is 3.88. The Hall–Kier alpha value is -0.900. The zero-order valence-electron chi connectivity index (χ0n) is 11.2. The molecule has 1 atom stereocenters. The van der Waals surface area contributed by atoms with Crippen molar-refractivity contribution >= 4 is 0 Å². The van der Waals surface area contributed by atoms with E-state index < -0.39 is 0 Å².